The molecule has 4 aliphatic carbocycles. The molecule has 130 valence electrons. The van der Waals surface area contributed by atoms with Gasteiger partial charge in [-0.25, -0.2) is 0 Å². The molecule has 0 radical (unpaired) electrons. The SMILES string of the molecule is O=C(CN1C(=O)[C@H]2[C@H](C1=O)[C@H]1C=C[C@H]2C1)N1C[C@@H]2[C@H](C1)[C@H]1C=C[C@H]2C1. The van der Waals surface area contributed by atoms with Crippen molar-refractivity contribution in [3.05, 3.63) is 24.3 Å². The minimum atomic E-state index is -0.201. The van der Waals surface area contributed by atoms with Crippen molar-refractivity contribution in [1.82, 2.24) is 9.80 Å². The van der Waals surface area contributed by atoms with Crippen molar-refractivity contribution in [3.8, 4) is 0 Å². The summed E-state index contributed by atoms with van der Waals surface area (Å²) in [6.45, 7) is 1.54. The van der Waals surface area contributed by atoms with E-state index in [1.54, 1.807) is 0 Å². The summed E-state index contributed by atoms with van der Waals surface area (Å²) in [7, 11) is 0. The molecule has 0 aromatic rings. The highest BCUT2D eigenvalue weighted by Gasteiger charge is 2.59. The fraction of sp³-hybridized carbons (Fsp3) is 0.650. The lowest BCUT2D eigenvalue weighted by Gasteiger charge is -2.22. The minimum Gasteiger partial charge on any atom is -0.341 e. The third-order valence-corrected chi connectivity index (χ3v) is 7.87. The number of likely N-dealkylation sites (tertiary alicyclic amines) is 2. The van der Waals surface area contributed by atoms with Crippen molar-refractivity contribution >= 4 is 17.7 Å². The Bertz CT molecular complexity index is 706. The molecule has 4 fully saturated rings. The van der Waals surface area contributed by atoms with Crippen LogP contribution in [-0.4, -0.2) is 47.2 Å². The Morgan fingerprint density at radius 1 is 0.840 bits per heavy atom. The second kappa shape index (κ2) is 4.63. The van der Waals surface area contributed by atoms with E-state index in [-0.39, 0.29) is 47.9 Å². The van der Waals surface area contributed by atoms with Crippen LogP contribution in [0.25, 0.3) is 0 Å². The zero-order chi connectivity index (χ0) is 16.9. The number of hydrogen-bond donors (Lipinski definition) is 0. The van der Waals surface area contributed by atoms with Gasteiger partial charge in [-0.05, 0) is 48.3 Å². The van der Waals surface area contributed by atoms with Crippen LogP contribution in [0.1, 0.15) is 12.8 Å². The van der Waals surface area contributed by atoms with Gasteiger partial charge in [0.15, 0.2) is 0 Å². The van der Waals surface area contributed by atoms with Gasteiger partial charge < -0.3 is 4.90 Å². The van der Waals surface area contributed by atoms with Gasteiger partial charge in [0.1, 0.15) is 6.54 Å². The largest absolute Gasteiger partial charge is 0.341 e. The van der Waals surface area contributed by atoms with Gasteiger partial charge >= 0.3 is 0 Å². The molecule has 0 spiro atoms. The van der Waals surface area contributed by atoms with Gasteiger partial charge in [0.25, 0.3) is 0 Å². The number of carbonyl (C=O) groups is 3. The molecule has 5 heteroatoms. The summed E-state index contributed by atoms with van der Waals surface area (Å²) in [4.78, 5) is 41.5. The van der Waals surface area contributed by atoms with E-state index in [4.69, 9.17) is 0 Å². The van der Waals surface area contributed by atoms with E-state index in [1.807, 2.05) is 4.90 Å². The van der Waals surface area contributed by atoms with Crippen molar-refractivity contribution in [3.63, 3.8) is 0 Å². The van der Waals surface area contributed by atoms with E-state index in [1.165, 1.54) is 11.3 Å². The molecule has 0 N–H and O–H groups in total. The number of nitrogens with zero attached hydrogens (tertiary/aromatic N) is 2. The highest BCUT2D eigenvalue weighted by Crippen LogP contribution is 2.53. The zero-order valence-electron chi connectivity index (χ0n) is 14.1. The van der Waals surface area contributed by atoms with Gasteiger partial charge in [-0.2, -0.15) is 0 Å². The Morgan fingerprint density at radius 3 is 1.88 bits per heavy atom. The molecular weight excluding hydrogens is 316 g/mol. The van der Waals surface area contributed by atoms with Crippen LogP contribution in [0.5, 0.6) is 0 Å². The first kappa shape index (κ1) is 14.3. The molecular formula is C20H22N2O3. The van der Waals surface area contributed by atoms with Gasteiger partial charge in [-0.15, -0.1) is 0 Å². The van der Waals surface area contributed by atoms with E-state index in [0.29, 0.717) is 23.7 Å². The fourth-order valence-corrected chi connectivity index (χ4v) is 6.71. The lowest BCUT2D eigenvalue weighted by molar-refractivity contribution is -0.146. The van der Waals surface area contributed by atoms with Crippen LogP contribution >= 0.6 is 0 Å². The lowest BCUT2D eigenvalue weighted by Crippen LogP contribution is -2.43. The molecule has 2 aliphatic heterocycles. The number of rotatable bonds is 2. The molecule has 8 atom stereocenters. The number of hydrogen-bond acceptors (Lipinski definition) is 3. The summed E-state index contributed by atoms with van der Waals surface area (Å²) in [5, 5.41) is 0. The number of carbonyl (C=O) groups excluding carboxylic acids is 3. The van der Waals surface area contributed by atoms with Crippen LogP contribution in [0.15, 0.2) is 24.3 Å². The van der Waals surface area contributed by atoms with Gasteiger partial charge in [0.05, 0.1) is 11.8 Å². The van der Waals surface area contributed by atoms with E-state index in [9.17, 15) is 14.4 Å². The predicted molar refractivity (Wildman–Crippen MR) is 88.7 cm³/mol. The first-order chi connectivity index (χ1) is 12.1. The molecule has 6 rings (SSSR count). The molecule has 0 aromatic heterocycles. The van der Waals surface area contributed by atoms with E-state index < -0.39 is 0 Å². The molecule has 2 saturated heterocycles. The van der Waals surface area contributed by atoms with Crippen LogP contribution < -0.4 is 0 Å². The Morgan fingerprint density at radius 2 is 1.32 bits per heavy atom. The van der Waals surface area contributed by atoms with E-state index >= 15 is 0 Å². The van der Waals surface area contributed by atoms with Crippen LogP contribution in [0.2, 0.25) is 0 Å². The summed E-state index contributed by atoms with van der Waals surface area (Å²) in [5.41, 5.74) is 0. The van der Waals surface area contributed by atoms with Crippen molar-refractivity contribution in [2.45, 2.75) is 12.8 Å². The van der Waals surface area contributed by atoms with Crippen molar-refractivity contribution in [2.75, 3.05) is 19.6 Å². The Labute approximate surface area is 146 Å². The maximum absolute atomic E-state index is 12.8. The standard InChI is InChI=1S/C20H22N2O3/c23-16(21-7-14-10-1-2-11(5-10)15(14)8-21)9-22-19(24)17-12-3-4-13(6-12)18(17)20(22)25/h1-4,10-15,17-18H,5-9H2/t10-,11-,12-,13-,14-,15+,17+,18+/m0/s1. The fourth-order valence-electron chi connectivity index (χ4n) is 6.71. The molecule has 25 heavy (non-hydrogen) atoms. The number of imide groups is 1. The average molecular weight is 338 g/mol. The van der Waals surface area contributed by atoms with Crippen LogP contribution in [0.3, 0.4) is 0 Å². The molecule has 5 nitrogen and oxygen atoms in total. The normalized spacial score (nSPS) is 48.2. The van der Waals surface area contributed by atoms with Gasteiger partial charge in [-0.1, -0.05) is 24.3 Å². The highest BCUT2D eigenvalue weighted by molar-refractivity contribution is 6.08. The zero-order valence-corrected chi connectivity index (χ0v) is 14.1. The summed E-state index contributed by atoms with van der Waals surface area (Å²) in [5.74, 6) is 2.18. The maximum Gasteiger partial charge on any atom is 0.242 e. The van der Waals surface area contributed by atoms with Crippen molar-refractivity contribution in [2.24, 2.45) is 47.3 Å². The molecule has 0 aromatic carbocycles. The van der Waals surface area contributed by atoms with Crippen LogP contribution in [0, 0.1) is 47.3 Å². The second-order valence-electron chi connectivity index (χ2n) is 8.84. The Hall–Kier alpha value is -1.91. The van der Waals surface area contributed by atoms with Gasteiger partial charge in [-0.3, -0.25) is 19.3 Å². The highest BCUT2D eigenvalue weighted by atomic mass is 16.2. The van der Waals surface area contributed by atoms with Crippen LogP contribution in [0.4, 0.5) is 0 Å². The molecule has 4 bridgehead atoms. The summed E-state index contributed by atoms with van der Waals surface area (Å²) < 4.78 is 0. The molecule has 6 aliphatic rings. The summed E-state index contributed by atoms with van der Waals surface area (Å²) in [6, 6.07) is 0. The third-order valence-electron chi connectivity index (χ3n) is 7.87. The monoisotopic (exact) mass is 338 g/mol. The van der Waals surface area contributed by atoms with Gasteiger partial charge in [0.2, 0.25) is 17.7 Å². The number of fused-ring (bicyclic) bond motifs is 10. The smallest absolute Gasteiger partial charge is 0.242 e. The molecule has 2 saturated carbocycles. The number of amides is 3. The Kier molecular flexibility index (Phi) is 2.64. The third kappa shape index (κ3) is 1.72. The predicted octanol–water partition coefficient (Wildman–Crippen LogP) is 1.07. The van der Waals surface area contributed by atoms with E-state index in [2.05, 4.69) is 24.3 Å². The molecule has 3 amide bonds. The first-order valence-corrected chi connectivity index (χ1v) is 9.61. The topological polar surface area (TPSA) is 57.7 Å². The van der Waals surface area contributed by atoms with E-state index in [0.717, 1.165) is 19.5 Å². The first-order valence-electron chi connectivity index (χ1n) is 9.61. The minimum absolute atomic E-state index is 0.0456. The summed E-state index contributed by atoms with van der Waals surface area (Å²) in [6.07, 6.45) is 11.0. The summed E-state index contributed by atoms with van der Waals surface area (Å²) >= 11 is 0. The number of allylic oxidation sites excluding steroid dienone is 4. The van der Waals surface area contributed by atoms with Crippen molar-refractivity contribution < 1.29 is 14.4 Å². The van der Waals surface area contributed by atoms with Gasteiger partial charge in [0, 0.05) is 13.1 Å². The average Bonchev–Trinajstić information content (AvgIpc) is 3.38. The quantitative estimate of drug-likeness (QED) is 0.559. The second-order valence-corrected chi connectivity index (χ2v) is 8.84. The Balaban J connectivity index is 1.17. The van der Waals surface area contributed by atoms with Crippen molar-refractivity contribution in [1.29, 1.82) is 0 Å². The lowest BCUT2D eigenvalue weighted by atomic mass is 9.85. The van der Waals surface area contributed by atoms with Crippen LogP contribution in [-0.2, 0) is 14.4 Å². The molecule has 0 unspecified atom stereocenters. The molecule has 2 heterocycles. The maximum atomic E-state index is 12.8.